The number of anilines is 1. The molecule has 130 valence electrons. The van der Waals surface area contributed by atoms with Crippen LogP contribution in [0.25, 0.3) is 11.0 Å². The Morgan fingerprint density at radius 1 is 1.32 bits per heavy atom. The van der Waals surface area contributed by atoms with Gasteiger partial charge < -0.3 is 0 Å². The Balaban J connectivity index is 2.07. The zero-order valence-electron chi connectivity index (χ0n) is 13.6. The van der Waals surface area contributed by atoms with Crippen LogP contribution in [0.15, 0.2) is 30.3 Å². The predicted molar refractivity (Wildman–Crippen MR) is 96.6 cm³/mol. The predicted octanol–water partition coefficient (Wildman–Crippen LogP) is 3.84. The fourth-order valence-corrected chi connectivity index (χ4v) is 3.02. The second kappa shape index (κ2) is 6.98. The number of carbonyl (C=O) groups is 1. The van der Waals surface area contributed by atoms with Crippen LogP contribution in [0.5, 0.6) is 0 Å². The van der Waals surface area contributed by atoms with Crippen molar-refractivity contribution in [3.05, 3.63) is 52.4 Å². The number of nitrogens with zero attached hydrogens (tertiary/aromatic N) is 4. The van der Waals surface area contributed by atoms with Gasteiger partial charge in [0.15, 0.2) is 5.65 Å². The smallest absolute Gasteiger partial charge is 0.243 e. The van der Waals surface area contributed by atoms with Gasteiger partial charge in [-0.3, -0.25) is 14.4 Å². The van der Waals surface area contributed by atoms with Gasteiger partial charge in [-0.05, 0) is 31.2 Å². The number of benzene rings is 1. The number of aromatic nitrogens is 3. The Kier molecular flexibility index (Phi) is 4.92. The van der Waals surface area contributed by atoms with Crippen molar-refractivity contribution in [2.24, 2.45) is 7.05 Å². The summed E-state index contributed by atoms with van der Waals surface area (Å²) in [6.45, 7) is 1.82. The maximum Gasteiger partial charge on any atom is 0.243 e. The quantitative estimate of drug-likeness (QED) is 0.646. The molecule has 0 bridgehead atoms. The lowest BCUT2D eigenvalue weighted by molar-refractivity contribution is -0.116. The number of hydrogen-bond donors (Lipinski definition) is 0. The van der Waals surface area contributed by atoms with Gasteiger partial charge in [-0.25, -0.2) is 9.37 Å². The van der Waals surface area contributed by atoms with Gasteiger partial charge in [0.1, 0.15) is 17.5 Å². The average molecular weight is 381 g/mol. The first-order valence-corrected chi connectivity index (χ1v) is 8.43. The molecule has 0 radical (unpaired) electrons. The zero-order valence-corrected chi connectivity index (χ0v) is 15.1. The Morgan fingerprint density at radius 2 is 2.08 bits per heavy atom. The first-order valence-electron chi connectivity index (χ1n) is 7.52. The van der Waals surface area contributed by atoms with Crippen molar-refractivity contribution in [1.82, 2.24) is 14.8 Å². The molecule has 3 aromatic rings. The lowest BCUT2D eigenvalue weighted by Crippen LogP contribution is -2.32. The van der Waals surface area contributed by atoms with Crippen LogP contribution in [-0.2, 0) is 18.4 Å². The summed E-state index contributed by atoms with van der Waals surface area (Å²) < 4.78 is 15.8. The summed E-state index contributed by atoms with van der Waals surface area (Å²) in [7, 11) is 1.77. The van der Waals surface area contributed by atoms with E-state index >= 15 is 0 Å². The van der Waals surface area contributed by atoms with E-state index in [0.29, 0.717) is 11.5 Å². The van der Waals surface area contributed by atoms with E-state index in [1.165, 1.54) is 17.0 Å². The van der Waals surface area contributed by atoms with Crippen LogP contribution in [0.1, 0.15) is 11.3 Å². The molecule has 0 aliphatic heterocycles. The number of fused-ring (bicyclic) bond motifs is 1. The molecule has 0 atom stereocenters. The third-order valence-corrected chi connectivity index (χ3v) is 4.51. The molecule has 0 aliphatic rings. The van der Waals surface area contributed by atoms with Crippen molar-refractivity contribution in [2.75, 3.05) is 10.8 Å². The molecule has 1 aromatic carbocycles. The molecule has 5 nitrogen and oxygen atoms in total. The van der Waals surface area contributed by atoms with E-state index in [2.05, 4.69) is 10.1 Å². The molecule has 8 heteroatoms. The minimum absolute atomic E-state index is 0.0631. The lowest BCUT2D eigenvalue weighted by Gasteiger charge is -2.22. The van der Waals surface area contributed by atoms with Crippen molar-refractivity contribution in [1.29, 1.82) is 0 Å². The molecule has 2 aromatic heterocycles. The Bertz CT molecular complexity index is 937. The normalized spacial score (nSPS) is 11.1. The van der Waals surface area contributed by atoms with Gasteiger partial charge in [-0.1, -0.05) is 17.7 Å². The third-order valence-electron chi connectivity index (χ3n) is 3.93. The number of amides is 1. The minimum Gasteiger partial charge on any atom is -0.291 e. The molecule has 0 saturated carbocycles. The van der Waals surface area contributed by atoms with Crippen LogP contribution >= 0.6 is 23.2 Å². The van der Waals surface area contributed by atoms with Crippen molar-refractivity contribution >= 4 is 46.0 Å². The summed E-state index contributed by atoms with van der Waals surface area (Å²) in [6, 6.07) is 7.90. The van der Waals surface area contributed by atoms with Crippen LogP contribution in [0, 0.1) is 12.7 Å². The first-order chi connectivity index (χ1) is 11.9. The molecule has 1 amide bonds. The van der Waals surface area contributed by atoms with Gasteiger partial charge >= 0.3 is 0 Å². The highest BCUT2D eigenvalue weighted by atomic mass is 35.5. The van der Waals surface area contributed by atoms with Gasteiger partial charge in [0.05, 0.1) is 12.2 Å². The van der Waals surface area contributed by atoms with Crippen LogP contribution in [-0.4, -0.2) is 26.6 Å². The largest absolute Gasteiger partial charge is 0.291 e. The number of halogens is 3. The molecular weight excluding hydrogens is 366 g/mol. The molecule has 0 spiro atoms. The van der Waals surface area contributed by atoms with Crippen LogP contribution < -0.4 is 4.90 Å². The number of aryl methyl sites for hydroxylation is 2. The van der Waals surface area contributed by atoms with E-state index < -0.39 is 11.7 Å². The molecule has 25 heavy (non-hydrogen) atoms. The summed E-state index contributed by atoms with van der Waals surface area (Å²) in [6.07, 6.45) is 0. The van der Waals surface area contributed by atoms with Crippen LogP contribution in [0.4, 0.5) is 10.2 Å². The summed E-state index contributed by atoms with van der Waals surface area (Å²) >= 11 is 11.8. The topological polar surface area (TPSA) is 51.0 Å². The number of pyridine rings is 1. The van der Waals surface area contributed by atoms with E-state index in [1.807, 2.05) is 13.0 Å². The standard InChI is InChI=1S/C17H15Cl2FN4O/c1-10-11-6-7-15(21-17(11)23(2)22-10)24(16(25)8-18)9-12-13(19)4-3-5-14(12)20/h3-7H,8-9H2,1-2H3. The lowest BCUT2D eigenvalue weighted by atomic mass is 10.2. The fraction of sp³-hybridized carbons (Fsp3) is 0.235. The van der Waals surface area contributed by atoms with Gasteiger partial charge in [0, 0.05) is 23.0 Å². The van der Waals surface area contributed by atoms with E-state index in [-0.39, 0.29) is 23.0 Å². The van der Waals surface area contributed by atoms with Gasteiger partial charge in [-0.15, -0.1) is 11.6 Å². The average Bonchev–Trinajstić information content (AvgIpc) is 2.88. The summed E-state index contributed by atoms with van der Waals surface area (Å²) in [5, 5.41) is 5.43. The molecule has 0 N–H and O–H groups in total. The van der Waals surface area contributed by atoms with Gasteiger partial charge in [0.2, 0.25) is 5.91 Å². The minimum atomic E-state index is -0.489. The highest BCUT2D eigenvalue weighted by Gasteiger charge is 2.21. The molecule has 3 rings (SSSR count). The summed E-state index contributed by atoms with van der Waals surface area (Å²) in [5.41, 5.74) is 1.68. The maximum atomic E-state index is 14.1. The molecule has 0 fully saturated rings. The van der Waals surface area contributed by atoms with E-state index in [9.17, 15) is 9.18 Å². The van der Waals surface area contributed by atoms with Crippen molar-refractivity contribution in [3.63, 3.8) is 0 Å². The van der Waals surface area contributed by atoms with Crippen LogP contribution in [0.2, 0.25) is 5.02 Å². The number of rotatable bonds is 4. The van der Waals surface area contributed by atoms with E-state index in [4.69, 9.17) is 23.2 Å². The molecule has 2 heterocycles. The SMILES string of the molecule is Cc1nn(C)c2nc(N(Cc3c(F)cccc3Cl)C(=O)CCl)ccc12. The number of hydrogen-bond acceptors (Lipinski definition) is 3. The van der Waals surface area contributed by atoms with Crippen LogP contribution in [0.3, 0.4) is 0 Å². The third kappa shape index (κ3) is 3.32. The molecule has 0 saturated heterocycles. The summed E-state index contributed by atoms with van der Waals surface area (Å²) in [5.74, 6) is -0.777. The highest BCUT2D eigenvalue weighted by Crippen LogP contribution is 2.25. The summed E-state index contributed by atoms with van der Waals surface area (Å²) in [4.78, 5) is 18.2. The Labute approximate surface area is 154 Å². The zero-order chi connectivity index (χ0) is 18.1. The monoisotopic (exact) mass is 380 g/mol. The molecule has 0 aliphatic carbocycles. The van der Waals surface area contributed by atoms with Gasteiger partial charge in [-0.2, -0.15) is 5.10 Å². The van der Waals surface area contributed by atoms with Crippen molar-refractivity contribution in [3.8, 4) is 0 Å². The Hall–Kier alpha value is -2.18. The number of alkyl halides is 1. The van der Waals surface area contributed by atoms with E-state index in [1.54, 1.807) is 23.9 Å². The van der Waals surface area contributed by atoms with Gasteiger partial charge in [0.25, 0.3) is 0 Å². The molecule has 0 unspecified atom stereocenters. The maximum absolute atomic E-state index is 14.1. The Morgan fingerprint density at radius 3 is 2.76 bits per heavy atom. The first kappa shape index (κ1) is 17.6. The second-order valence-corrected chi connectivity index (χ2v) is 6.24. The highest BCUT2D eigenvalue weighted by molar-refractivity contribution is 6.31. The molecular formula is C17H15Cl2FN4O. The second-order valence-electron chi connectivity index (χ2n) is 5.56. The van der Waals surface area contributed by atoms with Crippen molar-refractivity contribution in [2.45, 2.75) is 13.5 Å². The van der Waals surface area contributed by atoms with Crippen molar-refractivity contribution < 1.29 is 9.18 Å². The number of carbonyl (C=O) groups excluding carboxylic acids is 1. The van der Waals surface area contributed by atoms with E-state index in [0.717, 1.165) is 11.1 Å². The fourth-order valence-electron chi connectivity index (χ4n) is 2.65.